The van der Waals surface area contributed by atoms with Crippen molar-refractivity contribution in [2.75, 3.05) is 0 Å². The van der Waals surface area contributed by atoms with Crippen molar-refractivity contribution >= 4 is 34.1 Å². The molecule has 4 rings (SSSR count). The standard InChI is InChI=1S/C22H12F7NO3S2/c1-10-2-4-12(15(23)6-10)14-8-18(31)33-16-7-11(3-5-13(14)16)34-19-30-9-17(35-19)20(32,21(24,25)26)22(27,28)29/h2-9,32H,1H3. The van der Waals surface area contributed by atoms with Gasteiger partial charge in [0.05, 0.1) is 4.88 Å². The van der Waals surface area contributed by atoms with Gasteiger partial charge in [-0.05, 0) is 36.8 Å². The minimum Gasteiger partial charge on any atom is -0.423 e. The van der Waals surface area contributed by atoms with Crippen LogP contribution in [0.1, 0.15) is 10.4 Å². The Balaban J connectivity index is 1.72. The van der Waals surface area contributed by atoms with Crippen molar-refractivity contribution in [2.24, 2.45) is 0 Å². The number of thiazole rings is 1. The van der Waals surface area contributed by atoms with E-state index in [4.69, 9.17) is 4.42 Å². The minimum absolute atomic E-state index is 0.0202. The molecular weight excluding hydrogens is 523 g/mol. The molecule has 0 aliphatic carbocycles. The van der Waals surface area contributed by atoms with Crippen molar-refractivity contribution < 1.29 is 40.3 Å². The van der Waals surface area contributed by atoms with Crippen molar-refractivity contribution in [3.8, 4) is 11.1 Å². The second-order valence-corrected chi connectivity index (χ2v) is 9.77. The fraction of sp³-hybridized carbons (Fsp3) is 0.182. The molecule has 2 heterocycles. The van der Waals surface area contributed by atoms with Crippen LogP contribution in [0, 0.1) is 12.7 Å². The van der Waals surface area contributed by atoms with E-state index in [2.05, 4.69) is 4.98 Å². The number of hydrogen-bond donors (Lipinski definition) is 1. The third-order valence-electron chi connectivity index (χ3n) is 5.00. The van der Waals surface area contributed by atoms with Gasteiger partial charge < -0.3 is 9.52 Å². The number of benzene rings is 2. The molecule has 13 heteroatoms. The molecule has 0 spiro atoms. The van der Waals surface area contributed by atoms with E-state index in [9.17, 15) is 40.6 Å². The highest BCUT2D eigenvalue weighted by Crippen LogP contribution is 2.52. The third kappa shape index (κ3) is 4.55. The van der Waals surface area contributed by atoms with Gasteiger partial charge in [-0.2, -0.15) is 26.3 Å². The Morgan fingerprint density at radius 3 is 2.29 bits per heavy atom. The van der Waals surface area contributed by atoms with E-state index in [1.54, 1.807) is 13.0 Å². The second-order valence-electron chi connectivity index (χ2n) is 7.42. The maximum absolute atomic E-state index is 14.5. The predicted molar refractivity (Wildman–Crippen MR) is 115 cm³/mol. The molecule has 0 aliphatic heterocycles. The van der Waals surface area contributed by atoms with Crippen LogP contribution in [0.5, 0.6) is 0 Å². The Bertz CT molecular complexity index is 1460. The van der Waals surface area contributed by atoms with Gasteiger partial charge in [-0.15, -0.1) is 11.3 Å². The quantitative estimate of drug-likeness (QED) is 0.229. The van der Waals surface area contributed by atoms with Crippen molar-refractivity contribution in [2.45, 2.75) is 34.1 Å². The summed E-state index contributed by atoms with van der Waals surface area (Å²) in [5, 5.41) is 9.88. The Labute approximate surface area is 200 Å². The van der Waals surface area contributed by atoms with E-state index in [0.29, 0.717) is 28.9 Å². The zero-order valence-electron chi connectivity index (χ0n) is 17.3. The smallest absolute Gasteiger partial charge is 0.423 e. The van der Waals surface area contributed by atoms with Gasteiger partial charge in [-0.3, -0.25) is 0 Å². The van der Waals surface area contributed by atoms with Gasteiger partial charge in [0, 0.05) is 33.7 Å². The fourth-order valence-corrected chi connectivity index (χ4v) is 5.39. The lowest BCUT2D eigenvalue weighted by Crippen LogP contribution is -2.53. The first kappa shape index (κ1) is 25.2. The summed E-state index contributed by atoms with van der Waals surface area (Å²) in [7, 11) is 0. The second kappa shape index (κ2) is 8.64. The highest BCUT2D eigenvalue weighted by molar-refractivity contribution is 8.01. The highest BCUT2D eigenvalue weighted by Gasteiger charge is 2.72. The monoisotopic (exact) mass is 535 g/mol. The number of nitrogens with zero attached hydrogens (tertiary/aromatic N) is 1. The van der Waals surface area contributed by atoms with Crippen LogP contribution in [0.2, 0.25) is 0 Å². The Morgan fingerprint density at radius 2 is 1.66 bits per heavy atom. The molecule has 2 aromatic heterocycles. The minimum atomic E-state index is -6.02. The van der Waals surface area contributed by atoms with Crippen LogP contribution >= 0.6 is 23.1 Å². The van der Waals surface area contributed by atoms with Crippen molar-refractivity contribution in [1.82, 2.24) is 4.98 Å². The summed E-state index contributed by atoms with van der Waals surface area (Å²) in [6, 6.07) is 9.84. The molecule has 0 amide bonds. The number of hydrogen-bond acceptors (Lipinski definition) is 6. The number of alkyl halides is 6. The van der Waals surface area contributed by atoms with Crippen molar-refractivity contribution in [3.63, 3.8) is 0 Å². The Morgan fingerprint density at radius 1 is 0.971 bits per heavy atom. The Kier molecular flexibility index (Phi) is 6.22. The number of halogens is 7. The van der Waals surface area contributed by atoms with Crippen LogP contribution in [0.4, 0.5) is 30.7 Å². The lowest BCUT2D eigenvalue weighted by Gasteiger charge is -2.30. The molecule has 4 aromatic rings. The average Bonchev–Trinajstić information content (AvgIpc) is 3.19. The number of fused-ring (bicyclic) bond motifs is 1. The molecule has 0 aliphatic rings. The third-order valence-corrected chi connectivity index (χ3v) is 7.17. The number of aromatic nitrogens is 1. The first-order chi connectivity index (χ1) is 16.2. The van der Waals surface area contributed by atoms with Gasteiger partial charge >= 0.3 is 18.0 Å². The Hall–Kier alpha value is -2.90. The number of aryl methyl sites for hydroxylation is 1. The average molecular weight is 535 g/mol. The van der Waals surface area contributed by atoms with E-state index < -0.39 is 34.3 Å². The lowest BCUT2D eigenvalue weighted by atomic mass is 10.0. The van der Waals surface area contributed by atoms with Gasteiger partial charge in [0.1, 0.15) is 11.4 Å². The van der Waals surface area contributed by atoms with Gasteiger partial charge in [0.25, 0.3) is 5.60 Å². The molecule has 2 aromatic carbocycles. The summed E-state index contributed by atoms with van der Waals surface area (Å²) in [4.78, 5) is 14.5. The highest BCUT2D eigenvalue weighted by atomic mass is 32.2. The van der Waals surface area contributed by atoms with Gasteiger partial charge in [0.15, 0.2) is 4.34 Å². The molecule has 0 saturated carbocycles. The molecular formula is C22H12F7NO3S2. The molecule has 0 atom stereocenters. The molecule has 0 fully saturated rings. The van der Waals surface area contributed by atoms with E-state index in [0.717, 1.165) is 6.07 Å². The lowest BCUT2D eigenvalue weighted by molar-refractivity contribution is -0.375. The fourth-order valence-electron chi connectivity index (χ4n) is 3.28. The molecule has 0 radical (unpaired) electrons. The predicted octanol–water partition coefficient (Wildman–Crippen LogP) is 6.83. The van der Waals surface area contributed by atoms with Crippen LogP contribution in [-0.2, 0) is 5.60 Å². The van der Waals surface area contributed by atoms with Gasteiger partial charge in [-0.25, -0.2) is 14.2 Å². The van der Waals surface area contributed by atoms with Crippen LogP contribution < -0.4 is 5.63 Å². The summed E-state index contributed by atoms with van der Waals surface area (Å²) < 4.78 is 98.0. The molecule has 1 N–H and O–H groups in total. The normalized spacial score (nSPS) is 12.9. The first-order valence-electron chi connectivity index (χ1n) is 9.55. The summed E-state index contributed by atoms with van der Waals surface area (Å²) in [5.41, 5.74) is -4.76. The van der Waals surface area contributed by atoms with Crippen molar-refractivity contribution in [1.29, 1.82) is 0 Å². The van der Waals surface area contributed by atoms with Gasteiger partial charge in [-0.1, -0.05) is 23.9 Å². The van der Waals surface area contributed by atoms with E-state index in [1.165, 1.54) is 30.3 Å². The molecule has 0 unspecified atom stereocenters. The van der Waals surface area contributed by atoms with Gasteiger partial charge in [0.2, 0.25) is 0 Å². The summed E-state index contributed by atoms with van der Waals surface area (Å²) in [6.45, 7) is 1.70. The topological polar surface area (TPSA) is 63.3 Å². The van der Waals surface area contributed by atoms with E-state index in [-0.39, 0.29) is 37.3 Å². The summed E-state index contributed by atoms with van der Waals surface area (Å²) in [6.07, 6.45) is -11.7. The van der Waals surface area contributed by atoms with E-state index >= 15 is 0 Å². The molecule has 0 saturated heterocycles. The molecule has 184 valence electrons. The molecule has 0 bridgehead atoms. The maximum atomic E-state index is 14.5. The van der Waals surface area contributed by atoms with Crippen LogP contribution in [0.3, 0.4) is 0 Å². The zero-order chi connectivity index (χ0) is 25.8. The molecule has 35 heavy (non-hydrogen) atoms. The number of rotatable bonds is 4. The van der Waals surface area contributed by atoms with Crippen LogP contribution in [0.15, 0.2) is 67.1 Å². The molecule has 4 nitrogen and oxygen atoms in total. The summed E-state index contributed by atoms with van der Waals surface area (Å²) in [5.74, 6) is -0.563. The van der Waals surface area contributed by atoms with Crippen molar-refractivity contribution in [3.05, 3.63) is 75.3 Å². The van der Waals surface area contributed by atoms with Crippen LogP contribution in [0.25, 0.3) is 22.1 Å². The SMILES string of the molecule is Cc1ccc(-c2cc(=O)oc3cc(Sc4ncc(C(O)(C(F)(F)F)C(F)(F)F)s4)ccc23)c(F)c1. The van der Waals surface area contributed by atoms with E-state index in [1.807, 2.05) is 0 Å². The zero-order valence-corrected chi connectivity index (χ0v) is 18.9. The first-order valence-corrected chi connectivity index (χ1v) is 11.2. The summed E-state index contributed by atoms with van der Waals surface area (Å²) >= 11 is 0.719. The van der Waals surface area contributed by atoms with Crippen LogP contribution in [-0.4, -0.2) is 22.4 Å². The largest absolute Gasteiger partial charge is 0.431 e. The number of aliphatic hydroxyl groups is 1. The maximum Gasteiger partial charge on any atom is 0.431 e.